The van der Waals surface area contributed by atoms with Crippen molar-refractivity contribution in [1.29, 1.82) is 0 Å². The van der Waals surface area contributed by atoms with E-state index in [-0.39, 0.29) is 0 Å². The summed E-state index contributed by atoms with van der Waals surface area (Å²) < 4.78 is 0. The van der Waals surface area contributed by atoms with Crippen molar-refractivity contribution in [2.24, 2.45) is 10.9 Å². The van der Waals surface area contributed by atoms with E-state index >= 15 is 0 Å². The molecule has 4 heteroatoms. The molecule has 2 rings (SSSR count). The van der Waals surface area contributed by atoms with Crippen molar-refractivity contribution in [3.8, 4) is 5.75 Å². The lowest BCUT2D eigenvalue weighted by Gasteiger charge is -2.33. The summed E-state index contributed by atoms with van der Waals surface area (Å²) >= 11 is 0. The molecule has 0 spiro atoms. The van der Waals surface area contributed by atoms with Crippen LogP contribution in [0.1, 0.15) is 32.3 Å². The van der Waals surface area contributed by atoms with E-state index in [2.05, 4.69) is 24.1 Å². The van der Waals surface area contributed by atoms with Crippen LogP contribution in [-0.4, -0.2) is 42.1 Å². The maximum absolute atomic E-state index is 9.48. The Labute approximate surface area is 127 Å². The summed E-state index contributed by atoms with van der Waals surface area (Å²) in [7, 11) is 0. The Morgan fingerprint density at radius 3 is 2.81 bits per heavy atom. The standard InChI is InChI=1S/C17H27N3O/c1-3-18-17(20-11-8-14(2)9-12-20)19-10-7-15-5-4-6-16(21)13-15/h4-6,13-14,21H,3,7-12H2,1-2H3,(H,18,19). The second-order valence-corrected chi connectivity index (χ2v) is 5.83. The number of piperidine rings is 1. The molecule has 0 bridgehead atoms. The van der Waals surface area contributed by atoms with Crippen molar-refractivity contribution in [2.45, 2.75) is 33.1 Å². The monoisotopic (exact) mass is 289 g/mol. The molecular formula is C17H27N3O. The van der Waals surface area contributed by atoms with Crippen molar-refractivity contribution >= 4 is 5.96 Å². The van der Waals surface area contributed by atoms with Crippen LogP contribution in [0.3, 0.4) is 0 Å². The van der Waals surface area contributed by atoms with Crippen LogP contribution in [0.2, 0.25) is 0 Å². The molecule has 1 aliphatic heterocycles. The topological polar surface area (TPSA) is 47.9 Å². The number of benzene rings is 1. The molecule has 0 atom stereocenters. The van der Waals surface area contributed by atoms with E-state index in [4.69, 9.17) is 4.99 Å². The zero-order chi connectivity index (χ0) is 15.1. The van der Waals surface area contributed by atoms with E-state index in [1.54, 1.807) is 6.07 Å². The van der Waals surface area contributed by atoms with Crippen molar-refractivity contribution in [2.75, 3.05) is 26.2 Å². The Hall–Kier alpha value is -1.71. The van der Waals surface area contributed by atoms with Crippen LogP contribution < -0.4 is 5.32 Å². The van der Waals surface area contributed by atoms with Crippen LogP contribution in [0.5, 0.6) is 5.75 Å². The average Bonchev–Trinajstić information content (AvgIpc) is 2.47. The molecule has 116 valence electrons. The average molecular weight is 289 g/mol. The number of likely N-dealkylation sites (tertiary alicyclic amines) is 1. The third-order valence-corrected chi connectivity index (χ3v) is 3.99. The van der Waals surface area contributed by atoms with Crippen LogP contribution in [0.25, 0.3) is 0 Å². The van der Waals surface area contributed by atoms with Gasteiger partial charge in [-0.1, -0.05) is 19.1 Å². The Morgan fingerprint density at radius 2 is 2.14 bits per heavy atom. The van der Waals surface area contributed by atoms with Crippen molar-refractivity contribution in [1.82, 2.24) is 10.2 Å². The van der Waals surface area contributed by atoms with Crippen LogP contribution in [0, 0.1) is 5.92 Å². The molecule has 0 aromatic heterocycles. The molecule has 0 radical (unpaired) electrons. The number of hydrogen-bond acceptors (Lipinski definition) is 2. The second-order valence-electron chi connectivity index (χ2n) is 5.83. The highest BCUT2D eigenvalue weighted by molar-refractivity contribution is 5.80. The van der Waals surface area contributed by atoms with Crippen LogP contribution >= 0.6 is 0 Å². The van der Waals surface area contributed by atoms with Gasteiger partial charge in [-0.15, -0.1) is 0 Å². The van der Waals surface area contributed by atoms with Crippen LogP contribution in [0.15, 0.2) is 29.3 Å². The highest BCUT2D eigenvalue weighted by Crippen LogP contribution is 2.16. The van der Waals surface area contributed by atoms with Gasteiger partial charge in [0.15, 0.2) is 5.96 Å². The number of hydrogen-bond donors (Lipinski definition) is 2. The molecule has 21 heavy (non-hydrogen) atoms. The third-order valence-electron chi connectivity index (χ3n) is 3.99. The van der Waals surface area contributed by atoms with Gasteiger partial charge in [-0.25, -0.2) is 0 Å². The Morgan fingerprint density at radius 1 is 1.38 bits per heavy atom. The maximum atomic E-state index is 9.48. The van der Waals surface area contributed by atoms with Gasteiger partial charge in [-0.05, 0) is 49.8 Å². The number of guanidine groups is 1. The summed E-state index contributed by atoms with van der Waals surface area (Å²) in [5.74, 6) is 2.19. The molecule has 2 N–H and O–H groups in total. The quantitative estimate of drug-likeness (QED) is 0.662. The van der Waals surface area contributed by atoms with Crippen LogP contribution in [0.4, 0.5) is 0 Å². The molecule has 0 aliphatic carbocycles. The van der Waals surface area contributed by atoms with Gasteiger partial charge in [0.05, 0.1) is 0 Å². The fourth-order valence-corrected chi connectivity index (χ4v) is 2.65. The number of aromatic hydroxyl groups is 1. The summed E-state index contributed by atoms with van der Waals surface area (Å²) in [6, 6.07) is 7.42. The molecule has 1 fully saturated rings. The van der Waals surface area contributed by atoms with E-state index in [0.717, 1.165) is 50.0 Å². The van der Waals surface area contributed by atoms with Gasteiger partial charge in [0.2, 0.25) is 0 Å². The first-order valence-electron chi connectivity index (χ1n) is 8.00. The van der Waals surface area contributed by atoms with Crippen molar-refractivity contribution in [3.05, 3.63) is 29.8 Å². The Bertz CT molecular complexity index is 465. The highest BCUT2D eigenvalue weighted by atomic mass is 16.3. The summed E-state index contributed by atoms with van der Waals surface area (Å²) in [5, 5.41) is 12.9. The van der Waals surface area contributed by atoms with Gasteiger partial charge in [0.1, 0.15) is 5.75 Å². The first kappa shape index (κ1) is 15.7. The van der Waals surface area contributed by atoms with Gasteiger partial charge >= 0.3 is 0 Å². The summed E-state index contributed by atoms with van der Waals surface area (Å²) in [6.45, 7) is 8.27. The van der Waals surface area contributed by atoms with E-state index in [0.29, 0.717) is 5.75 Å². The predicted octanol–water partition coefficient (Wildman–Crippen LogP) is 2.63. The number of phenols is 1. The van der Waals surface area contributed by atoms with Gasteiger partial charge in [-0.3, -0.25) is 4.99 Å². The van der Waals surface area contributed by atoms with Gasteiger partial charge in [0, 0.05) is 26.2 Å². The minimum Gasteiger partial charge on any atom is -0.508 e. The summed E-state index contributed by atoms with van der Waals surface area (Å²) in [5.41, 5.74) is 1.13. The SMILES string of the molecule is CCNC(=NCCc1cccc(O)c1)N1CCC(C)CC1. The third kappa shape index (κ3) is 4.96. The zero-order valence-electron chi connectivity index (χ0n) is 13.2. The lowest BCUT2D eigenvalue weighted by Crippen LogP contribution is -2.45. The number of rotatable bonds is 4. The normalized spacial score (nSPS) is 17.0. The molecule has 4 nitrogen and oxygen atoms in total. The first-order chi connectivity index (χ1) is 10.2. The molecule has 0 saturated carbocycles. The Kier molecular flexibility index (Phi) is 5.90. The van der Waals surface area contributed by atoms with E-state index in [1.165, 1.54) is 12.8 Å². The second kappa shape index (κ2) is 7.91. The smallest absolute Gasteiger partial charge is 0.193 e. The summed E-state index contributed by atoms with van der Waals surface area (Å²) in [4.78, 5) is 7.10. The number of nitrogens with one attached hydrogen (secondary N) is 1. The first-order valence-corrected chi connectivity index (χ1v) is 8.00. The molecule has 1 aromatic rings. The summed E-state index contributed by atoms with van der Waals surface area (Å²) in [6.07, 6.45) is 3.35. The number of phenolic OH excluding ortho intramolecular Hbond substituents is 1. The van der Waals surface area contributed by atoms with Gasteiger partial charge in [0.25, 0.3) is 0 Å². The minimum absolute atomic E-state index is 0.327. The molecule has 1 saturated heterocycles. The van der Waals surface area contributed by atoms with Crippen molar-refractivity contribution in [3.63, 3.8) is 0 Å². The zero-order valence-corrected chi connectivity index (χ0v) is 13.2. The van der Waals surface area contributed by atoms with E-state index in [1.807, 2.05) is 18.2 Å². The predicted molar refractivity (Wildman–Crippen MR) is 87.8 cm³/mol. The molecule has 1 heterocycles. The fraction of sp³-hybridized carbons (Fsp3) is 0.588. The molecule has 0 unspecified atom stereocenters. The van der Waals surface area contributed by atoms with Gasteiger partial charge in [-0.2, -0.15) is 0 Å². The lowest BCUT2D eigenvalue weighted by molar-refractivity contribution is 0.273. The van der Waals surface area contributed by atoms with E-state index < -0.39 is 0 Å². The van der Waals surface area contributed by atoms with Gasteiger partial charge < -0.3 is 15.3 Å². The fourth-order valence-electron chi connectivity index (χ4n) is 2.65. The lowest BCUT2D eigenvalue weighted by atomic mass is 10.00. The molecular weight excluding hydrogens is 262 g/mol. The number of nitrogens with zero attached hydrogens (tertiary/aromatic N) is 2. The molecule has 1 aromatic carbocycles. The van der Waals surface area contributed by atoms with Crippen LogP contribution in [-0.2, 0) is 6.42 Å². The highest BCUT2D eigenvalue weighted by Gasteiger charge is 2.18. The largest absolute Gasteiger partial charge is 0.508 e. The number of aliphatic imine (C=N–C) groups is 1. The molecule has 1 aliphatic rings. The Balaban J connectivity index is 1.91. The van der Waals surface area contributed by atoms with Crippen molar-refractivity contribution < 1.29 is 5.11 Å². The maximum Gasteiger partial charge on any atom is 0.193 e. The minimum atomic E-state index is 0.327. The molecule has 0 amide bonds. The van der Waals surface area contributed by atoms with E-state index in [9.17, 15) is 5.11 Å².